The van der Waals surface area contributed by atoms with Gasteiger partial charge in [0.15, 0.2) is 5.92 Å². The van der Waals surface area contributed by atoms with Gasteiger partial charge in [0.1, 0.15) is 36.5 Å². The monoisotopic (exact) mass is 1010 g/mol. The summed E-state index contributed by atoms with van der Waals surface area (Å²) in [5, 5.41) is 9.86. The first-order valence-corrected chi connectivity index (χ1v) is 24.1. The second-order valence-electron chi connectivity index (χ2n) is 17.9. The van der Waals surface area contributed by atoms with Gasteiger partial charge in [-0.2, -0.15) is 0 Å². The maximum absolute atomic E-state index is 16.6. The van der Waals surface area contributed by atoms with Crippen LogP contribution < -0.4 is 14.5 Å². The summed E-state index contributed by atoms with van der Waals surface area (Å²) < 4.78 is 33.3. The molecule has 74 heavy (non-hydrogen) atoms. The Hall–Kier alpha value is -8.18. The lowest BCUT2D eigenvalue weighted by Crippen LogP contribution is -2.59. The molecular formula is C55H54N6O13. The zero-order valence-electron chi connectivity index (χ0n) is 40.9. The van der Waals surface area contributed by atoms with Crippen molar-refractivity contribution in [1.82, 2.24) is 19.8 Å². The van der Waals surface area contributed by atoms with Gasteiger partial charge in [-0.05, 0) is 58.7 Å². The molecule has 382 valence electrons. The Labute approximate surface area is 426 Å². The van der Waals surface area contributed by atoms with Gasteiger partial charge in [-0.25, -0.2) is 19.7 Å². The van der Waals surface area contributed by atoms with Crippen LogP contribution in [0, 0.1) is 23.7 Å². The van der Waals surface area contributed by atoms with Crippen LogP contribution in [0.2, 0.25) is 0 Å². The van der Waals surface area contributed by atoms with E-state index in [-0.39, 0.29) is 62.8 Å². The van der Waals surface area contributed by atoms with Crippen LogP contribution in [0.1, 0.15) is 52.4 Å². The number of carbonyl (C=O) groups excluding carboxylic acids is 6. The van der Waals surface area contributed by atoms with E-state index in [2.05, 4.69) is 21.8 Å². The van der Waals surface area contributed by atoms with Crippen LogP contribution >= 0.6 is 0 Å². The summed E-state index contributed by atoms with van der Waals surface area (Å²) in [5.41, 5.74) is 0.114. The summed E-state index contributed by atoms with van der Waals surface area (Å²) >= 11 is 0. The number of morpholine rings is 1. The largest absolute Gasteiger partial charge is 0.491 e. The first-order valence-electron chi connectivity index (χ1n) is 24.1. The zero-order valence-corrected chi connectivity index (χ0v) is 40.9. The number of benzene rings is 4. The van der Waals surface area contributed by atoms with E-state index < -0.39 is 77.3 Å². The van der Waals surface area contributed by atoms with Crippen LogP contribution in [0.15, 0.2) is 122 Å². The summed E-state index contributed by atoms with van der Waals surface area (Å²) in [6.07, 6.45) is 0.917. The highest BCUT2D eigenvalue weighted by Gasteiger charge is 2.76. The molecule has 1 spiro atoms. The van der Waals surface area contributed by atoms with E-state index in [0.717, 1.165) is 19.1 Å². The molecule has 3 fully saturated rings. The van der Waals surface area contributed by atoms with Gasteiger partial charge in [-0.1, -0.05) is 84.6 Å². The van der Waals surface area contributed by atoms with E-state index in [1.807, 2.05) is 70.5 Å². The van der Waals surface area contributed by atoms with Crippen LogP contribution in [0.5, 0.6) is 5.75 Å². The molecule has 1 N–H and O–H groups in total. The summed E-state index contributed by atoms with van der Waals surface area (Å²) in [5.74, 6) is -0.154. The molecule has 0 bridgehead atoms. The molecule has 1 aromatic heterocycles. The number of rotatable bonds is 14. The SMILES string of the molecule is COCCOC(=O)N1C(=O)[C@@]2(c3cc(C#CCC(C(=O)OC)C(=O)OC)ccc31)[C@H](c1cccc(OCCO)c1)N1[C@H](c3ccccc3)[C@H](c3ccccc3)OC(=O)[C@H]1[C@@H]2C(=O)N1CCN(c2ncccn2)CC1. The van der Waals surface area contributed by atoms with Gasteiger partial charge < -0.3 is 43.3 Å². The van der Waals surface area contributed by atoms with Crippen LogP contribution in [-0.4, -0.2) is 141 Å². The first kappa shape index (κ1) is 50.7. The van der Waals surface area contributed by atoms with Crippen molar-refractivity contribution in [3.05, 3.63) is 149 Å². The van der Waals surface area contributed by atoms with E-state index in [9.17, 15) is 19.5 Å². The smallest absolute Gasteiger partial charge is 0.421 e. The molecule has 6 atom stereocenters. The topological polar surface area (TPSA) is 217 Å². The first-order chi connectivity index (χ1) is 36.1. The molecule has 3 amide bonds. The molecule has 0 aliphatic carbocycles. The number of amides is 3. The predicted octanol–water partition coefficient (Wildman–Crippen LogP) is 4.35. The molecular weight excluding hydrogens is 953 g/mol. The van der Waals surface area contributed by atoms with E-state index in [4.69, 9.17) is 28.4 Å². The Morgan fingerprint density at radius 3 is 2.11 bits per heavy atom. The van der Waals surface area contributed by atoms with Crippen LogP contribution in [0.4, 0.5) is 16.4 Å². The Balaban J connectivity index is 1.32. The fourth-order valence-corrected chi connectivity index (χ4v) is 10.7. The number of hydrogen-bond acceptors (Lipinski definition) is 17. The third kappa shape index (κ3) is 9.38. The van der Waals surface area contributed by atoms with Gasteiger partial charge in [0, 0.05) is 57.7 Å². The second-order valence-corrected chi connectivity index (χ2v) is 17.9. The number of imide groups is 1. The lowest BCUT2D eigenvalue weighted by molar-refractivity contribution is -0.179. The number of aliphatic hydroxyl groups is 1. The van der Waals surface area contributed by atoms with Crippen molar-refractivity contribution in [1.29, 1.82) is 0 Å². The molecule has 5 aromatic rings. The zero-order chi connectivity index (χ0) is 51.9. The quantitative estimate of drug-likeness (QED) is 0.0538. The summed E-state index contributed by atoms with van der Waals surface area (Å²) in [4.78, 5) is 104. The standard InChI is InChI=1S/C55H54N6O13/c1-69-31-32-73-54(68)60-42-22-21-35(13-10-20-40(49(64)70-2)50(65)71-3)33-41(42)55(52(60)67)43(48(63)58-25-27-59(28-26-58)53-56-23-12-24-57-53)45-51(66)74-46(37-16-8-5-9-17-37)44(36-14-6-4-7-15-36)61(45)47(55)38-18-11-19-39(34-38)72-30-29-62/h4-9,11-12,14-19,21-24,33-34,40,43-47,62H,20,25-32H2,1-3H3/t43-,44-,45-,46+,47+,55-/m1/s1. The molecule has 4 aliphatic heterocycles. The average Bonchev–Trinajstić information content (AvgIpc) is 3.94. The number of piperazine rings is 1. The van der Waals surface area contributed by atoms with Gasteiger partial charge in [0.05, 0.1) is 51.1 Å². The van der Waals surface area contributed by atoms with Gasteiger partial charge in [-0.3, -0.25) is 28.9 Å². The van der Waals surface area contributed by atoms with E-state index >= 15 is 14.4 Å². The molecule has 0 radical (unpaired) electrons. The van der Waals surface area contributed by atoms with Gasteiger partial charge in [0.2, 0.25) is 17.8 Å². The normalized spacial score (nSPS) is 22.1. The second kappa shape index (κ2) is 22.3. The lowest BCUT2D eigenvalue weighted by atomic mass is 9.64. The molecule has 19 heteroatoms. The molecule has 3 saturated heterocycles. The summed E-state index contributed by atoms with van der Waals surface area (Å²) in [6.45, 7) is 0.314. The van der Waals surface area contributed by atoms with Crippen LogP contribution in [-0.2, 0) is 53.1 Å². The number of aliphatic hydroxyl groups excluding tert-OH is 1. The third-order valence-corrected chi connectivity index (χ3v) is 13.9. The van der Waals surface area contributed by atoms with Gasteiger partial charge in [-0.15, -0.1) is 0 Å². The molecule has 0 unspecified atom stereocenters. The van der Waals surface area contributed by atoms with Gasteiger partial charge in [0.25, 0.3) is 0 Å². The minimum absolute atomic E-state index is 0.00410. The number of methoxy groups -OCH3 is 3. The number of nitrogens with zero attached hydrogens (tertiary/aromatic N) is 6. The van der Waals surface area contributed by atoms with Crippen LogP contribution in [0.25, 0.3) is 0 Å². The number of aromatic nitrogens is 2. The van der Waals surface area contributed by atoms with Crippen molar-refractivity contribution in [3.8, 4) is 17.6 Å². The predicted molar refractivity (Wildman–Crippen MR) is 264 cm³/mol. The molecule has 4 aromatic carbocycles. The summed E-state index contributed by atoms with van der Waals surface area (Å²) in [6, 6.07) is 28.2. The van der Waals surface area contributed by atoms with Gasteiger partial charge >= 0.3 is 24.0 Å². The Bertz CT molecular complexity index is 2930. The Morgan fingerprint density at radius 2 is 1.45 bits per heavy atom. The minimum atomic E-state index is -2.16. The number of fused-ring (bicyclic) bond motifs is 3. The van der Waals surface area contributed by atoms with Crippen molar-refractivity contribution in [2.24, 2.45) is 11.8 Å². The summed E-state index contributed by atoms with van der Waals surface area (Å²) in [7, 11) is 3.72. The van der Waals surface area contributed by atoms with Crippen molar-refractivity contribution >= 4 is 47.5 Å². The maximum atomic E-state index is 16.6. The fraction of sp³-hybridized carbons (Fsp3) is 0.345. The number of cyclic esters (lactones) is 1. The maximum Gasteiger partial charge on any atom is 0.421 e. The molecule has 0 saturated carbocycles. The number of ether oxygens (including phenoxy) is 6. The minimum Gasteiger partial charge on any atom is -0.491 e. The molecule has 19 nitrogen and oxygen atoms in total. The lowest BCUT2D eigenvalue weighted by Gasteiger charge is -2.46. The molecule has 9 rings (SSSR count). The van der Waals surface area contributed by atoms with E-state index in [1.54, 1.807) is 59.8 Å². The number of carbonyl (C=O) groups is 6. The molecule has 4 aliphatic rings. The number of hydrogen-bond donors (Lipinski definition) is 1. The van der Waals surface area contributed by atoms with Crippen molar-refractivity contribution in [3.63, 3.8) is 0 Å². The van der Waals surface area contributed by atoms with E-state index in [1.165, 1.54) is 13.2 Å². The third-order valence-electron chi connectivity index (χ3n) is 13.9. The van der Waals surface area contributed by atoms with Crippen molar-refractivity contribution in [2.75, 3.05) is 83.7 Å². The fourth-order valence-electron chi connectivity index (χ4n) is 10.7. The number of esters is 3. The highest BCUT2D eigenvalue weighted by Crippen LogP contribution is 2.66. The Kier molecular flexibility index (Phi) is 15.3. The number of anilines is 2. The highest BCUT2D eigenvalue weighted by molar-refractivity contribution is 6.23. The Morgan fingerprint density at radius 1 is 0.770 bits per heavy atom. The highest BCUT2D eigenvalue weighted by atomic mass is 16.6. The van der Waals surface area contributed by atoms with Crippen molar-refractivity contribution in [2.45, 2.75) is 36.1 Å². The average molecular weight is 1010 g/mol. The van der Waals surface area contributed by atoms with Crippen LogP contribution in [0.3, 0.4) is 0 Å². The molecule has 5 heterocycles. The van der Waals surface area contributed by atoms with E-state index in [0.29, 0.717) is 41.5 Å². The van der Waals surface area contributed by atoms with Crippen molar-refractivity contribution < 1.29 is 62.3 Å².